The lowest BCUT2D eigenvalue weighted by Gasteiger charge is -2.11. The highest BCUT2D eigenvalue weighted by Crippen LogP contribution is 2.20. The van der Waals surface area contributed by atoms with Crippen LogP contribution in [0.4, 0.5) is 0 Å². The Labute approximate surface area is 148 Å². The molecular weight excluding hydrogens is 363 g/mol. The number of hydrogen-bond donors (Lipinski definition) is 2. The van der Waals surface area contributed by atoms with Crippen molar-refractivity contribution in [3.8, 4) is 0 Å². The molecule has 0 spiro atoms. The molecule has 0 saturated heterocycles. The van der Waals surface area contributed by atoms with Crippen molar-refractivity contribution in [3.05, 3.63) is 68.7 Å². The summed E-state index contributed by atoms with van der Waals surface area (Å²) in [5.41, 5.74) is 1.26. The van der Waals surface area contributed by atoms with E-state index in [9.17, 15) is 4.79 Å². The number of rotatable bonds is 3. The molecule has 114 valence electrons. The van der Waals surface area contributed by atoms with Crippen LogP contribution in [0.1, 0.15) is 15.9 Å². The summed E-state index contributed by atoms with van der Waals surface area (Å²) in [7, 11) is 0. The van der Waals surface area contributed by atoms with Gasteiger partial charge in [-0.25, -0.2) is 0 Å². The van der Waals surface area contributed by atoms with E-state index >= 15 is 0 Å². The summed E-state index contributed by atoms with van der Waals surface area (Å²) < 4.78 is 0. The highest BCUT2D eigenvalue weighted by molar-refractivity contribution is 7.80. The Morgan fingerprint density at radius 3 is 2.45 bits per heavy atom. The first-order valence-corrected chi connectivity index (χ1v) is 7.78. The van der Waals surface area contributed by atoms with Crippen LogP contribution in [0.2, 0.25) is 15.1 Å². The summed E-state index contributed by atoms with van der Waals surface area (Å²) in [5, 5.41) is 7.27. The standard InChI is InChI=1S/C15H11Cl3N2OS/c16-11-3-1-2-9(6-11)14(21)20-15(22)19-8-10-4-5-12(17)7-13(10)18/h1-7H,8H2,(H2,19,20,21,22). The number of halogens is 3. The molecule has 0 saturated carbocycles. The average Bonchev–Trinajstić information content (AvgIpc) is 2.46. The summed E-state index contributed by atoms with van der Waals surface area (Å²) in [4.78, 5) is 12.0. The van der Waals surface area contributed by atoms with Crippen LogP contribution in [0.5, 0.6) is 0 Å². The minimum Gasteiger partial charge on any atom is -0.358 e. The van der Waals surface area contributed by atoms with Gasteiger partial charge in [-0.05, 0) is 48.1 Å². The maximum atomic E-state index is 12.0. The molecule has 0 aromatic heterocycles. The van der Waals surface area contributed by atoms with E-state index in [4.69, 9.17) is 47.0 Å². The van der Waals surface area contributed by atoms with Crippen molar-refractivity contribution in [2.45, 2.75) is 6.54 Å². The smallest absolute Gasteiger partial charge is 0.257 e. The highest BCUT2D eigenvalue weighted by Gasteiger charge is 2.08. The SMILES string of the molecule is O=C(NC(=S)NCc1ccc(Cl)cc1Cl)c1cccc(Cl)c1. The predicted octanol–water partition coefficient (Wildman–Crippen LogP) is 4.45. The van der Waals surface area contributed by atoms with E-state index in [1.54, 1.807) is 42.5 Å². The van der Waals surface area contributed by atoms with Gasteiger partial charge in [0.25, 0.3) is 5.91 Å². The predicted molar refractivity (Wildman–Crippen MR) is 94.8 cm³/mol. The number of carbonyl (C=O) groups excluding carboxylic acids is 1. The number of carbonyl (C=O) groups is 1. The lowest BCUT2D eigenvalue weighted by atomic mass is 10.2. The van der Waals surface area contributed by atoms with Crippen molar-refractivity contribution in [3.63, 3.8) is 0 Å². The number of benzene rings is 2. The van der Waals surface area contributed by atoms with Crippen LogP contribution in [0, 0.1) is 0 Å². The monoisotopic (exact) mass is 372 g/mol. The summed E-state index contributed by atoms with van der Waals surface area (Å²) in [6, 6.07) is 11.8. The van der Waals surface area contributed by atoms with Crippen molar-refractivity contribution in [1.82, 2.24) is 10.6 Å². The molecule has 2 rings (SSSR count). The molecule has 2 aromatic rings. The van der Waals surface area contributed by atoms with E-state index < -0.39 is 0 Å². The van der Waals surface area contributed by atoms with Crippen molar-refractivity contribution < 1.29 is 4.79 Å². The van der Waals surface area contributed by atoms with E-state index in [-0.39, 0.29) is 11.0 Å². The molecule has 0 atom stereocenters. The molecule has 22 heavy (non-hydrogen) atoms. The van der Waals surface area contributed by atoms with E-state index in [1.165, 1.54) is 0 Å². The average molecular weight is 374 g/mol. The number of nitrogens with one attached hydrogen (secondary N) is 2. The molecule has 0 unspecified atom stereocenters. The van der Waals surface area contributed by atoms with Gasteiger partial charge in [0.1, 0.15) is 0 Å². The number of hydrogen-bond acceptors (Lipinski definition) is 2. The molecule has 0 fully saturated rings. The van der Waals surface area contributed by atoms with Crippen LogP contribution >= 0.6 is 47.0 Å². The first-order chi connectivity index (χ1) is 10.5. The third-order valence-corrected chi connectivity index (χ3v) is 3.84. The fourth-order valence-electron chi connectivity index (χ4n) is 1.69. The van der Waals surface area contributed by atoms with E-state index in [0.29, 0.717) is 27.2 Å². The van der Waals surface area contributed by atoms with E-state index in [1.807, 2.05) is 0 Å². The van der Waals surface area contributed by atoms with E-state index in [2.05, 4.69) is 10.6 Å². The summed E-state index contributed by atoms with van der Waals surface area (Å²) in [6.07, 6.45) is 0. The topological polar surface area (TPSA) is 41.1 Å². The minimum atomic E-state index is -0.331. The van der Waals surface area contributed by atoms with Crippen molar-refractivity contribution in [1.29, 1.82) is 0 Å². The van der Waals surface area contributed by atoms with Gasteiger partial charge < -0.3 is 5.32 Å². The summed E-state index contributed by atoms with van der Waals surface area (Å²) >= 11 is 22.8. The summed E-state index contributed by atoms with van der Waals surface area (Å²) in [6.45, 7) is 0.380. The second-order valence-electron chi connectivity index (χ2n) is 4.38. The fraction of sp³-hybridized carbons (Fsp3) is 0.0667. The van der Waals surface area contributed by atoms with Crippen LogP contribution < -0.4 is 10.6 Å². The highest BCUT2D eigenvalue weighted by atomic mass is 35.5. The molecule has 0 aliphatic carbocycles. The van der Waals surface area contributed by atoms with Crippen molar-refractivity contribution in [2.24, 2.45) is 0 Å². The molecule has 0 aliphatic heterocycles. The normalized spacial score (nSPS) is 10.1. The third kappa shape index (κ3) is 4.85. The Kier molecular flexibility index (Phi) is 6.03. The van der Waals surface area contributed by atoms with Crippen LogP contribution in [0.15, 0.2) is 42.5 Å². The third-order valence-electron chi connectivity index (χ3n) is 2.77. The molecule has 1 amide bonds. The van der Waals surface area contributed by atoms with Crippen molar-refractivity contribution in [2.75, 3.05) is 0 Å². The number of amides is 1. The minimum absolute atomic E-state index is 0.205. The van der Waals surface area contributed by atoms with Gasteiger partial charge in [0.2, 0.25) is 0 Å². The van der Waals surface area contributed by atoms with Crippen molar-refractivity contribution >= 4 is 58.0 Å². The Hall–Kier alpha value is -1.33. The Bertz CT molecular complexity index is 722. The molecule has 0 aliphatic rings. The van der Waals surface area contributed by atoms with E-state index in [0.717, 1.165) is 5.56 Å². The molecular formula is C15H11Cl3N2OS. The van der Waals surface area contributed by atoms with Crippen LogP contribution in [-0.4, -0.2) is 11.0 Å². The largest absolute Gasteiger partial charge is 0.358 e. The maximum Gasteiger partial charge on any atom is 0.257 e. The lowest BCUT2D eigenvalue weighted by molar-refractivity contribution is 0.0976. The van der Waals surface area contributed by atoms with Crippen LogP contribution in [0.25, 0.3) is 0 Å². The lowest BCUT2D eigenvalue weighted by Crippen LogP contribution is -2.38. The Morgan fingerprint density at radius 1 is 1.05 bits per heavy atom. The zero-order valence-electron chi connectivity index (χ0n) is 11.2. The van der Waals surface area contributed by atoms with Gasteiger partial charge in [-0.3, -0.25) is 10.1 Å². The first kappa shape index (κ1) is 17.0. The van der Waals surface area contributed by atoms with Gasteiger partial charge >= 0.3 is 0 Å². The van der Waals surface area contributed by atoms with Gasteiger partial charge in [-0.2, -0.15) is 0 Å². The molecule has 3 nitrogen and oxygen atoms in total. The first-order valence-electron chi connectivity index (χ1n) is 6.24. The molecule has 2 N–H and O–H groups in total. The fourth-order valence-corrected chi connectivity index (χ4v) is 2.52. The van der Waals surface area contributed by atoms with Gasteiger partial charge in [0.05, 0.1) is 0 Å². The van der Waals surface area contributed by atoms with Gasteiger partial charge in [-0.1, -0.05) is 46.9 Å². The van der Waals surface area contributed by atoms with Crippen LogP contribution in [-0.2, 0) is 6.54 Å². The zero-order valence-corrected chi connectivity index (χ0v) is 14.3. The molecule has 7 heteroatoms. The Morgan fingerprint density at radius 2 is 1.77 bits per heavy atom. The second kappa shape index (κ2) is 7.79. The maximum absolute atomic E-state index is 12.0. The zero-order chi connectivity index (χ0) is 16.1. The number of thiocarbonyl (C=S) groups is 1. The molecule has 0 heterocycles. The quantitative estimate of drug-likeness (QED) is 0.781. The van der Waals surface area contributed by atoms with Gasteiger partial charge in [0.15, 0.2) is 5.11 Å². The molecule has 0 radical (unpaired) electrons. The van der Waals surface area contributed by atoms with Gasteiger partial charge in [0, 0.05) is 27.2 Å². The summed E-state index contributed by atoms with van der Waals surface area (Å²) in [5.74, 6) is -0.331. The second-order valence-corrected chi connectivity index (χ2v) is 6.07. The molecule has 2 aromatic carbocycles. The molecule has 0 bridgehead atoms. The van der Waals surface area contributed by atoms with Crippen LogP contribution in [0.3, 0.4) is 0 Å². The Balaban J connectivity index is 1.91. The van der Waals surface area contributed by atoms with Gasteiger partial charge in [-0.15, -0.1) is 0 Å².